The number of para-hydroxylation sites is 1. The minimum atomic E-state index is -0.971. The van der Waals surface area contributed by atoms with E-state index in [2.05, 4.69) is 10.3 Å². The lowest BCUT2D eigenvalue weighted by Gasteiger charge is -2.11. The molecule has 2 aromatic rings. The quantitative estimate of drug-likeness (QED) is 0.868. The third-order valence-electron chi connectivity index (χ3n) is 2.74. The summed E-state index contributed by atoms with van der Waals surface area (Å²) in [6, 6.07) is 9.22. The van der Waals surface area contributed by atoms with E-state index in [4.69, 9.17) is 5.11 Å². The molecule has 0 radical (unpaired) electrons. The summed E-state index contributed by atoms with van der Waals surface area (Å²) in [7, 11) is 0. The number of aromatic nitrogens is 1. The molecule has 18 heavy (non-hydrogen) atoms. The number of nitrogens with zero attached hydrogens (tertiary/aromatic N) is 1. The summed E-state index contributed by atoms with van der Waals surface area (Å²) in [4.78, 5) is 14.8. The van der Waals surface area contributed by atoms with E-state index in [-0.39, 0.29) is 5.56 Å². The van der Waals surface area contributed by atoms with Crippen LogP contribution in [0.2, 0.25) is 0 Å². The van der Waals surface area contributed by atoms with E-state index in [0.29, 0.717) is 5.82 Å². The summed E-state index contributed by atoms with van der Waals surface area (Å²) in [5, 5.41) is 12.0. The highest BCUT2D eigenvalue weighted by atomic mass is 16.4. The minimum Gasteiger partial charge on any atom is -0.478 e. The number of nitrogens with one attached hydrogen (secondary N) is 1. The van der Waals surface area contributed by atoms with Crippen LogP contribution in [0.15, 0.2) is 36.5 Å². The lowest BCUT2D eigenvalue weighted by molar-refractivity contribution is 0.0696. The maximum atomic E-state index is 10.7. The van der Waals surface area contributed by atoms with Crippen molar-refractivity contribution >= 4 is 17.5 Å². The van der Waals surface area contributed by atoms with Crippen LogP contribution < -0.4 is 5.32 Å². The fourth-order valence-electron chi connectivity index (χ4n) is 1.73. The molecule has 92 valence electrons. The average Bonchev–Trinajstić information content (AvgIpc) is 2.34. The van der Waals surface area contributed by atoms with Gasteiger partial charge in [-0.25, -0.2) is 9.78 Å². The van der Waals surface area contributed by atoms with Crippen LogP contribution in [0.3, 0.4) is 0 Å². The fourth-order valence-corrected chi connectivity index (χ4v) is 1.73. The van der Waals surface area contributed by atoms with Crippen LogP contribution in [0.5, 0.6) is 0 Å². The molecule has 1 aromatic carbocycles. The number of pyridine rings is 1. The van der Waals surface area contributed by atoms with Crippen molar-refractivity contribution in [1.29, 1.82) is 0 Å². The molecule has 0 saturated carbocycles. The summed E-state index contributed by atoms with van der Waals surface area (Å²) < 4.78 is 0. The zero-order chi connectivity index (χ0) is 13.1. The van der Waals surface area contributed by atoms with Crippen molar-refractivity contribution < 1.29 is 9.90 Å². The van der Waals surface area contributed by atoms with Crippen LogP contribution in [0.25, 0.3) is 0 Å². The molecule has 0 unspecified atom stereocenters. The zero-order valence-corrected chi connectivity index (χ0v) is 10.3. The van der Waals surface area contributed by atoms with Gasteiger partial charge in [0.15, 0.2) is 0 Å². The fraction of sp³-hybridized carbons (Fsp3) is 0.143. The number of hydrogen-bond acceptors (Lipinski definition) is 3. The molecule has 4 heteroatoms. The second-order valence-corrected chi connectivity index (χ2v) is 4.13. The van der Waals surface area contributed by atoms with Crippen LogP contribution in [0, 0.1) is 13.8 Å². The molecule has 2 N–H and O–H groups in total. The Morgan fingerprint density at radius 2 is 1.83 bits per heavy atom. The molecule has 0 aliphatic carbocycles. The van der Waals surface area contributed by atoms with Crippen molar-refractivity contribution in [1.82, 2.24) is 4.98 Å². The number of anilines is 2. The Labute approximate surface area is 105 Å². The predicted octanol–water partition coefficient (Wildman–Crippen LogP) is 3.14. The van der Waals surface area contributed by atoms with Crippen molar-refractivity contribution in [2.45, 2.75) is 13.8 Å². The van der Waals surface area contributed by atoms with E-state index in [1.165, 1.54) is 12.3 Å². The number of carbonyl (C=O) groups is 1. The molecular formula is C14H14N2O2. The highest BCUT2D eigenvalue weighted by Crippen LogP contribution is 2.23. The average molecular weight is 242 g/mol. The van der Waals surface area contributed by atoms with Gasteiger partial charge in [0.25, 0.3) is 0 Å². The Morgan fingerprint density at radius 1 is 1.17 bits per heavy atom. The third-order valence-corrected chi connectivity index (χ3v) is 2.74. The molecule has 0 bridgehead atoms. The summed E-state index contributed by atoms with van der Waals surface area (Å²) in [6.45, 7) is 4.03. The molecule has 0 spiro atoms. The first-order chi connectivity index (χ1) is 8.58. The predicted molar refractivity (Wildman–Crippen MR) is 70.4 cm³/mol. The maximum Gasteiger partial charge on any atom is 0.337 e. The lowest BCUT2D eigenvalue weighted by atomic mass is 10.1. The Balaban J connectivity index is 2.26. The molecule has 0 aliphatic heterocycles. The van der Waals surface area contributed by atoms with Crippen LogP contribution in [-0.4, -0.2) is 16.1 Å². The zero-order valence-electron chi connectivity index (χ0n) is 10.3. The van der Waals surface area contributed by atoms with Gasteiger partial charge in [-0.15, -0.1) is 0 Å². The Bertz CT molecular complexity index is 557. The van der Waals surface area contributed by atoms with Gasteiger partial charge in [-0.1, -0.05) is 18.2 Å². The Morgan fingerprint density at radius 3 is 2.33 bits per heavy atom. The van der Waals surface area contributed by atoms with E-state index < -0.39 is 5.97 Å². The summed E-state index contributed by atoms with van der Waals surface area (Å²) in [5.74, 6) is -0.335. The highest BCUT2D eigenvalue weighted by Gasteiger charge is 2.05. The number of benzene rings is 1. The first-order valence-electron chi connectivity index (χ1n) is 5.60. The molecule has 1 heterocycles. The van der Waals surface area contributed by atoms with E-state index in [1.54, 1.807) is 6.07 Å². The third kappa shape index (κ3) is 2.48. The van der Waals surface area contributed by atoms with Crippen LogP contribution in [0.1, 0.15) is 21.5 Å². The Kier molecular flexibility index (Phi) is 3.28. The maximum absolute atomic E-state index is 10.7. The van der Waals surface area contributed by atoms with Crippen molar-refractivity contribution in [3.05, 3.63) is 53.2 Å². The van der Waals surface area contributed by atoms with Gasteiger partial charge >= 0.3 is 5.97 Å². The molecule has 0 saturated heterocycles. The molecule has 0 aliphatic rings. The standard InChI is InChI=1S/C14H14N2O2/c1-9-4-3-5-10(2)13(9)16-12-7-6-11(8-15-12)14(17)18/h3-8H,1-2H3,(H,15,16)(H,17,18). The summed E-state index contributed by atoms with van der Waals surface area (Å²) in [6.07, 6.45) is 1.35. The molecule has 0 fully saturated rings. The van der Waals surface area contributed by atoms with Gasteiger partial charge < -0.3 is 10.4 Å². The monoisotopic (exact) mass is 242 g/mol. The number of carboxylic acids is 1. The number of rotatable bonds is 3. The van der Waals surface area contributed by atoms with Crippen molar-refractivity contribution in [2.75, 3.05) is 5.32 Å². The Hall–Kier alpha value is -2.36. The molecule has 1 aromatic heterocycles. The van der Waals surface area contributed by atoms with Gasteiger partial charge in [0.2, 0.25) is 0 Å². The molecule has 4 nitrogen and oxygen atoms in total. The van der Waals surface area contributed by atoms with Crippen LogP contribution in [0.4, 0.5) is 11.5 Å². The van der Waals surface area contributed by atoms with Gasteiger partial charge in [-0.05, 0) is 37.1 Å². The summed E-state index contributed by atoms with van der Waals surface area (Å²) in [5.41, 5.74) is 3.44. The minimum absolute atomic E-state index is 0.182. The van der Waals surface area contributed by atoms with Gasteiger partial charge in [-0.3, -0.25) is 0 Å². The summed E-state index contributed by atoms with van der Waals surface area (Å²) >= 11 is 0. The lowest BCUT2D eigenvalue weighted by Crippen LogP contribution is -2.01. The van der Waals surface area contributed by atoms with Crippen LogP contribution >= 0.6 is 0 Å². The van der Waals surface area contributed by atoms with E-state index in [9.17, 15) is 4.79 Å². The number of hydrogen-bond donors (Lipinski definition) is 2. The van der Waals surface area contributed by atoms with Gasteiger partial charge in [0.1, 0.15) is 5.82 Å². The topological polar surface area (TPSA) is 62.2 Å². The number of carboxylic acid groups (broad SMARTS) is 1. The first-order valence-corrected chi connectivity index (χ1v) is 5.60. The SMILES string of the molecule is Cc1cccc(C)c1Nc1ccc(C(=O)O)cn1. The van der Waals surface area contributed by atoms with Crippen molar-refractivity contribution in [3.8, 4) is 0 Å². The van der Waals surface area contributed by atoms with Crippen molar-refractivity contribution in [3.63, 3.8) is 0 Å². The van der Waals surface area contributed by atoms with Gasteiger partial charge in [0.05, 0.1) is 5.56 Å². The highest BCUT2D eigenvalue weighted by molar-refractivity contribution is 5.87. The second-order valence-electron chi connectivity index (χ2n) is 4.13. The largest absolute Gasteiger partial charge is 0.478 e. The molecule has 0 amide bonds. The van der Waals surface area contributed by atoms with E-state index in [1.807, 2.05) is 32.0 Å². The molecule has 0 atom stereocenters. The second kappa shape index (κ2) is 4.87. The normalized spacial score (nSPS) is 10.1. The van der Waals surface area contributed by atoms with Crippen LogP contribution in [-0.2, 0) is 0 Å². The smallest absolute Gasteiger partial charge is 0.337 e. The number of aromatic carboxylic acids is 1. The van der Waals surface area contributed by atoms with Crippen molar-refractivity contribution in [2.24, 2.45) is 0 Å². The van der Waals surface area contributed by atoms with E-state index in [0.717, 1.165) is 16.8 Å². The first kappa shape index (κ1) is 12.1. The van der Waals surface area contributed by atoms with Gasteiger partial charge in [0, 0.05) is 11.9 Å². The number of aryl methyl sites for hydroxylation is 2. The molecular weight excluding hydrogens is 228 g/mol. The molecule has 2 rings (SSSR count). The van der Waals surface area contributed by atoms with E-state index >= 15 is 0 Å². The van der Waals surface area contributed by atoms with Gasteiger partial charge in [-0.2, -0.15) is 0 Å².